The van der Waals surface area contributed by atoms with E-state index < -0.39 is 5.82 Å². The molecule has 4 aliphatic rings. The number of benzene rings is 1. The molecule has 1 aromatic carbocycles. The summed E-state index contributed by atoms with van der Waals surface area (Å²) in [5.41, 5.74) is 0.443. The molecule has 1 spiro atoms. The third kappa shape index (κ3) is 2.10. The molecule has 4 fully saturated rings. The minimum absolute atomic E-state index is 0. The van der Waals surface area contributed by atoms with Gasteiger partial charge < -0.3 is 9.84 Å². The molecule has 1 aromatic heterocycles. The van der Waals surface area contributed by atoms with Gasteiger partial charge in [0.2, 0.25) is 5.58 Å². The van der Waals surface area contributed by atoms with Crippen molar-refractivity contribution in [3.05, 3.63) is 23.0 Å². The molecular formula is C16H18Cl2FN3O. The van der Waals surface area contributed by atoms with Gasteiger partial charge in [-0.3, -0.25) is 4.90 Å². The highest BCUT2D eigenvalue weighted by atomic mass is 35.5. The lowest BCUT2D eigenvalue weighted by molar-refractivity contribution is 0.0202. The monoisotopic (exact) mass is 357 g/mol. The number of hydrogen-bond donors (Lipinski definition) is 1. The summed E-state index contributed by atoms with van der Waals surface area (Å²) in [5, 5.41) is 8.38. The van der Waals surface area contributed by atoms with Crippen LogP contribution in [0.4, 0.5) is 10.2 Å². The van der Waals surface area contributed by atoms with E-state index in [0.717, 1.165) is 0 Å². The molecule has 23 heavy (non-hydrogen) atoms. The number of aromatic nitrogens is 1. The highest BCUT2D eigenvalue weighted by molar-refractivity contribution is 6.31. The number of piperidine rings is 3. The van der Waals surface area contributed by atoms with Gasteiger partial charge in [0.05, 0.1) is 10.4 Å². The Hall–Kier alpha value is -1.04. The number of halogens is 3. The summed E-state index contributed by atoms with van der Waals surface area (Å²) in [7, 11) is 0. The second kappa shape index (κ2) is 5.23. The van der Waals surface area contributed by atoms with Crippen LogP contribution in [0.2, 0.25) is 5.02 Å². The fourth-order valence-corrected chi connectivity index (χ4v) is 4.67. The fraction of sp³-hybridized carbons (Fsp3) is 0.562. The van der Waals surface area contributed by atoms with Gasteiger partial charge in [-0.05, 0) is 56.8 Å². The minimum atomic E-state index is -0.533. The molecule has 124 valence electrons. The molecule has 1 N–H and O–H groups in total. The third-order valence-corrected chi connectivity index (χ3v) is 6.10. The maximum Gasteiger partial charge on any atom is 0.206 e. The summed E-state index contributed by atoms with van der Waals surface area (Å²) in [6, 6.07) is 3.73. The molecule has 3 saturated heterocycles. The highest BCUT2D eigenvalue weighted by Crippen LogP contribution is 2.54. The van der Waals surface area contributed by atoms with E-state index in [-0.39, 0.29) is 23.0 Å². The first-order valence-corrected chi connectivity index (χ1v) is 8.32. The zero-order chi connectivity index (χ0) is 14.9. The number of nitrogens with one attached hydrogen (secondary N) is 1. The molecule has 2 bridgehead atoms. The van der Waals surface area contributed by atoms with Crippen molar-refractivity contribution in [1.29, 1.82) is 0 Å². The van der Waals surface area contributed by atoms with Crippen molar-refractivity contribution >= 4 is 40.8 Å². The molecule has 6 rings (SSSR count). The maximum absolute atomic E-state index is 14.0. The molecule has 0 unspecified atom stereocenters. The molecular weight excluding hydrogens is 340 g/mol. The Morgan fingerprint density at radius 2 is 2.04 bits per heavy atom. The van der Waals surface area contributed by atoms with Gasteiger partial charge in [0.25, 0.3) is 0 Å². The SMILES string of the molecule is Cl.Fc1c(Cl)ccc2c(N[C@@H]3C4CCN(CC4)C34CC4)noc12. The minimum Gasteiger partial charge on any atom is -0.362 e. The summed E-state index contributed by atoms with van der Waals surface area (Å²) in [5.74, 6) is 0.793. The predicted octanol–water partition coefficient (Wildman–Crippen LogP) is 4.08. The average molecular weight is 358 g/mol. The lowest BCUT2D eigenvalue weighted by Crippen LogP contribution is -2.62. The molecule has 4 nitrogen and oxygen atoms in total. The van der Waals surface area contributed by atoms with Crippen molar-refractivity contribution < 1.29 is 8.91 Å². The second-order valence-corrected chi connectivity index (χ2v) is 7.23. The van der Waals surface area contributed by atoms with Crippen LogP contribution in [0.15, 0.2) is 16.7 Å². The summed E-state index contributed by atoms with van der Waals surface area (Å²) in [6.45, 7) is 2.43. The Kier molecular flexibility index (Phi) is 3.52. The number of anilines is 1. The van der Waals surface area contributed by atoms with Crippen LogP contribution in [0.25, 0.3) is 11.0 Å². The number of hydrogen-bond acceptors (Lipinski definition) is 4. The quantitative estimate of drug-likeness (QED) is 0.878. The van der Waals surface area contributed by atoms with Crippen molar-refractivity contribution in [2.24, 2.45) is 5.92 Å². The number of fused-ring (bicyclic) bond motifs is 3. The largest absolute Gasteiger partial charge is 0.362 e. The molecule has 1 saturated carbocycles. The first kappa shape index (κ1) is 15.5. The Balaban J connectivity index is 0.00000135. The van der Waals surface area contributed by atoms with Crippen molar-refractivity contribution in [3.8, 4) is 0 Å². The Morgan fingerprint density at radius 1 is 1.30 bits per heavy atom. The summed E-state index contributed by atoms with van der Waals surface area (Å²) in [6.07, 6.45) is 4.96. The topological polar surface area (TPSA) is 41.3 Å². The van der Waals surface area contributed by atoms with Gasteiger partial charge in [0, 0.05) is 11.6 Å². The molecule has 0 radical (unpaired) electrons. The summed E-state index contributed by atoms with van der Waals surface area (Å²) in [4.78, 5) is 2.63. The fourth-order valence-electron chi connectivity index (χ4n) is 4.52. The van der Waals surface area contributed by atoms with Gasteiger partial charge in [-0.15, -0.1) is 12.4 Å². The zero-order valence-corrected chi connectivity index (χ0v) is 14.1. The van der Waals surface area contributed by atoms with Gasteiger partial charge >= 0.3 is 0 Å². The van der Waals surface area contributed by atoms with Crippen molar-refractivity contribution in [2.75, 3.05) is 18.4 Å². The first-order chi connectivity index (χ1) is 10.7. The van der Waals surface area contributed by atoms with E-state index in [1.165, 1.54) is 38.8 Å². The van der Waals surface area contributed by atoms with E-state index in [1.807, 2.05) is 0 Å². The van der Waals surface area contributed by atoms with Gasteiger partial charge in [-0.2, -0.15) is 0 Å². The molecule has 0 amide bonds. The van der Waals surface area contributed by atoms with Gasteiger partial charge in [0.1, 0.15) is 0 Å². The third-order valence-electron chi connectivity index (χ3n) is 5.81. The van der Waals surface area contributed by atoms with E-state index in [9.17, 15) is 4.39 Å². The molecule has 2 aromatic rings. The van der Waals surface area contributed by atoms with Gasteiger partial charge in [-0.25, -0.2) is 4.39 Å². The lowest BCUT2D eigenvalue weighted by atomic mass is 9.77. The molecule has 4 heterocycles. The van der Waals surface area contributed by atoms with E-state index in [0.29, 0.717) is 28.7 Å². The lowest BCUT2D eigenvalue weighted by Gasteiger charge is -2.52. The van der Waals surface area contributed by atoms with Crippen LogP contribution in [0.1, 0.15) is 25.7 Å². The molecule has 7 heteroatoms. The van der Waals surface area contributed by atoms with Crippen LogP contribution >= 0.6 is 24.0 Å². The van der Waals surface area contributed by atoms with E-state index in [4.69, 9.17) is 16.1 Å². The van der Waals surface area contributed by atoms with Crippen LogP contribution in [-0.2, 0) is 0 Å². The molecule has 1 atom stereocenters. The number of nitrogens with zero attached hydrogens (tertiary/aromatic N) is 2. The van der Waals surface area contributed by atoms with Crippen molar-refractivity contribution in [3.63, 3.8) is 0 Å². The number of rotatable bonds is 2. The Labute approximate surface area is 144 Å². The van der Waals surface area contributed by atoms with Crippen molar-refractivity contribution in [1.82, 2.24) is 10.1 Å². The maximum atomic E-state index is 14.0. The zero-order valence-electron chi connectivity index (χ0n) is 12.5. The highest BCUT2D eigenvalue weighted by Gasteiger charge is 2.60. The first-order valence-electron chi connectivity index (χ1n) is 7.94. The smallest absolute Gasteiger partial charge is 0.206 e. The van der Waals surface area contributed by atoms with Crippen LogP contribution in [0, 0.1) is 11.7 Å². The van der Waals surface area contributed by atoms with E-state index in [2.05, 4.69) is 15.4 Å². The molecule has 3 aliphatic heterocycles. The summed E-state index contributed by atoms with van der Waals surface area (Å²) < 4.78 is 19.2. The van der Waals surface area contributed by atoms with Crippen molar-refractivity contribution in [2.45, 2.75) is 37.3 Å². The Bertz CT molecular complexity index is 753. The van der Waals surface area contributed by atoms with E-state index >= 15 is 0 Å². The van der Waals surface area contributed by atoms with Gasteiger partial charge in [0.15, 0.2) is 11.6 Å². The van der Waals surface area contributed by atoms with Gasteiger partial charge in [-0.1, -0.05) is 16.8 Å². The molecule has 1 aliphatic carbocycles. The van der Waals surface area contributed by atoms with E-state index in [1.54, 1.807) is 12.1 Å². The standard InChI is InChI=1S/C16H17ClFN3O.ClH/c17-11-2-1-10-13(12(11)18)22-20-15(10)19-14-9-3-7-21(8-4-9)16(14)5-6-16;/h1-2,9,14H,3-8H2,(H,19,20);1H/t14-;/m1./s1. The van der Waals surface area contributed by atoms with Crippen LogP contribution in [0.5, 0.6) is 0 Å². The second-order valence-electron chi connectivity index (χ2n) is 6.82. The van der Waals surface area contributed by atoms with Crippen LogP contribution in [-0.4, -0.2) is 34.7 Å². The average Bonchev–Trinajstić information content (AvgIpc) is 3.21. The van der Waals surface area contributed by atoms with Crippen LogP contribution < -0.4 is 5.32 Å². The summed E-state index contributed by atoms with van der Waals surface area (Å²) >= 11 is 5.81. The Morgan fingerprint density at radius 3 is 2.74 bits per heavy atom. The predicted molar refractivity (Wildman–Crippen MR) is 89.9 cm³/mol. The normalized spacial score (nSPS) is 30.4. The van der Waals surface area contributed by atoms with Crippen LogP contribution in [0.3, 0.4) is 0 Å².